The molecule has 3 heterocycles. The van der Waals surface area contributed by atoms with Crippen LogP contribution in [-0.4, -0.2) is 15.2 Å². The number of aromatic amines is 2. The van der Waals surface area contributed by atoms with Crippen LogP contribution in [0.25, 0.3) is 16.7 Å². The lowest BCUT2D eigenvalue weighted by molar-refractivity contribution is -0.489. The second-order valence-electron chi connectivity index (χ2n) is 3.81. The highest BCUT2D eigenvalue weighted by molar-refractivity contribution is 5.80. The van der Waals surface area contributed by atoms with Crippen LogP contribution in [0.4, 0.5) is 5.69 Å². The predicted octanol–water partition coefficient (Wildman–Crippen LogP) is 1.64. The van der Waals surface area contributed by atoms with Gasteiger partial charge in [-0.05, 0) is 12.1 Å². The van der Waals surface area contributed by atoms with E-state index in [4.69, 9.17) is 0 Å². The Hall–Kier alpha value is -2.24. The first-order chi connectivity index (χ1) is 7.70. The minimum Gasteiger partial charge on any atom is -0.250 e. The van der Waals surface area contributed by atoms with Crippen LogP contribution in [0.3, 0.4) is 0 Å². The molecule has 0 aromatic carbocycles. The van der Waals surface area contributed by atoms with Crippen LogP contribution in [0, 0.1) is 18.8 Å². The van der Waals surface area contributed by atoms with Gasteiger partial charge in [-0.1, -0.05) is 0 Å². The van der Waals surface area contributed by atoms with Crippen LogP contribution >= 0.6 is 0 Å². The van der Waals surface area contributed by atoms with Gasteiger partial charge in [0, 0.05) is 24.8 Å². The molecule has 3 rings (SSSR count). The van der Waals surface area contributed by atoms with E-state index in [2.05, 4.69) is 20.4 Å². The number of pyridine rings is 1. The fourth-order valence-corrected chi connectivity index (χ4v) is 2.01. The van der Waals surface area contributed by atoms with Crippen molar-refractivity contribution in [1.82, 2.24) is 15.2 Å². The van der Waals surface area contributed by atoms with E-state index in [0.29, 0.717) is 11.3 Å². The molecule has 0 amide bonds. The van der Waals surface area contributed by atoms with Gasteiger partial charge in [-0.25, -0.2) is 4.98 Å². The Morgan fingerprint density at radius 1 is 1.31 bits per heavy atom. The van der Waals surface area contributed by atoms with Gasteiger partial charge in [0.15, 0.2) is 5.69 Å². The smallest absolute Gasteiger partial charge is 0.250 e. The standard InChI is InChI=1S/C10H9N5O/c1-5-3-9-7(11-5)4-8(14-16)10-13-12-6(2)15(9)10/h3-4H,1-2H3,(H,11,13,16)/p+1. The van der Waals surface area contributed by atoms with Crippen molar-refractivity contribution in [3.8, 4) is 0 Å². The highest BCUT2D eigenvalue weighted by Crippen LogP contribution is 2.22. The van der Waals surface area contributed by atoms with Crippen molar-refractivity contribution in [3.63, 3.8) is 0 Å². The molecule has 6 nitrogen and oxygen atoms in total. The number of fused-ring (bicyclic) bond motifs is 3. The highest BCUT2D eigenvalue weighted by Gasteiger charge is 2.18. The molecule has 3 aromatic rings. The molecule has 2 N–H and O–H groups in total. The summed E-state index contributed by atoms with van der Waals surface area (Å²) in [6.07, 6.45) is 0. The molecule has 0 fully saturated rings. The van der Waals surface area contributed by atoms with Gasteiger partial charge in [-0.3, -0.25) is 0 Å². The molecule has 0 atom stereocenters. The number of rotatable bonds is 1. The lowest BCUT2D eigenvalue weighted by Gasteiger charge is -1.93. The Labute approximate surface area is 90.3 Å². The predicted molar refractivity (Wildman–Crippen MR) is 58.5 cm³/mol. The van der Waals surface area contributed by atoms with E-state index in [1.165, 1.54) is 0 Å². The first kappa shape index (κ1) is 9.02. The van der Waals surface area contributed by atoms with Crippen LogP contribution in [-0.2, 0) is 0 Å². The molecule has 0 saturated carbocycles. The van der Waals surface area contributed by atoms with E-state index < -0.39 is 0 Å². The van der Waals surface area contributed by atoms with Crippen molar-refractivity contribution in [1.29, 1.82) is 0 Å². The van der Waals surface area contributed by atoms with Gasteiger partial charge < -0.3 is 0 Å². The Bertz CT molecular complexity index is 709. The molecule has 3 aromatic heterocycles. The minimum absolute atomic E-state index is 0.356. The quantitative estimate of drug-likeness (QED) is 0.479. The van der Waals surface area contributed by atoms with Crippen molar-refractivity contribution < 1.29 is 4.40 Å². The zero-order valence-corrected chi connectivity index (χ0v) is 8.90. The second-order valence-corrected chi connectivity index (χ2v) is 3.81. The van der Waals surface area contributed by atoms with E-state index in [-0.39, 0.29) is 0 Å². The molecule has 6 heteroatoms. The number of hydrogen-bond acceptors (Lipinski definition) is 3. The molecule has 0 saturated heterocycles. The van der Waals surface area contributed by atoms with Crippen LogP contribution in [0.2, 0.25) is 0 Å². The monoisotopic (exact) mass is 216 g/mol. The van der Waals surface area contributed by atoms with Gasteiger partial charge in [0.2, 0.25) is 5.82 Å². The molecular formula is C10H10N5O+. The number of nitroso groups, excluding NO2 is 1. The number of aryl methyl sites for hydroxylation is 2. The Balaban J connectivity index is 2.64. The second kappa shape index (κ2) is 2.88. The van der Waals surface area contributed by atoms with Crippen molar-refractivity contribution >= 4 is 22.4 Å². The van der Waals surface area contributed by atoms with Crippen molar-refractivity contribution in [2.75, 3.05) is 0 Å². The number of nitrogens with zero attached hydrogens (tertiary/aromatic N) is 3. The topological polar surface area (TPSA) is 78.0 Å². The van der Waals surface area contributed by atoms with Gasteiger partial charge in [0.25, 0.3) is 5.65 Å². The van der Waals surface area contributed by atoms with Crippen LogP contribution < -0.4 is 4.40 Å². The molecule has 0 spiro atoms. The van der Waals surface area contributed by atoms with E-state index in [9.17, 15) is 4.91 Å². The Kier molecular flexibility index (Phi) is 1.62. The number of nitrogens with one attached hydrogen (secondary N) is 2. The van der Waals surface area contributed by atoms with Gasteiger partial charge in [-0.15, -0.1) is 4.91 Å². The summed E-state index contributed by atoms with van der Waals surface area (Å²) in [4.78, 5) is 15.1. The Morgan fingerprint density at radius 3 is 2.88 bits per heavy atom. The third kappa shape index (κ3) is 1.01. The third-order valence-corrected chi connectivity index (χ3v) is 2.68. The SMILES string of the molecule is Cc1cc2c(cc(N=O)c3[nH][nH]c(C)[n+]32)n1. The highest BCUT2D eigenvalue weighted by atomic mass is 16.3. The Morgan fingerprint density at radius 2 is 2.12 bits per heavy atom. The normalized spacial score (nSPS) is 11.4. The van der Waals surface area contributed by atoms with E-state index in [0.717, 1.165) is 22.6 Å². The van der Waals surface area contributed by atoms with Crippen LogP contribution in [0.15, 0.2) is 17.3 Å². The fourth-order valence-electron chi connectivity index (χ4n) is 2.01. The summed E-state index contributed by atoms with van der Waals surface area (Å²) in [7, 11) is 0. The maximum Gasteiger partial charge on any atom is 0.289 e. The fraction of sp³-hybridized carbons (Fsp3) is 0.200. The minimum atomic E-state index is 0.356. The molecule has 0 unspecified atom stereocenters. The first-order valence-corrected chi connectivity index (χ1v) is 4.93. The summed E-state index contributed by atoms with van der Waals surface area (Å²) < 4.78 is 1.91. The number of H-pyrrole nitrogens is 2. The average Bonchev–Trinajstić information content (AvgIpc) is 2.80. The molecule has 0 radical (unpaired) electrons. The molecule has 0 aliphatic carbocycles. The summed E-state index contributed by atoms with van der Waals surface area (Å²) >= 11 is 0. The number of aromatic nitrogens is 4. The van der Waals surface area contributed by atoms with E-state index in [1.54, 1.807) is 6.07 Å². The first-order valence-electron chi connectivity index (χ1n) is 4.93. The molecule has 0 aliphatic rings. The lowest BCUT2D eigenvalue weighted by atomic mass is 10.3. The van der Waals surface area contributed by atoms with Crippen molar-refractivity contribution in [2.24, 2.45) is 5.18 Å². The maximum atomic E-state index is 10.8. The molecule has 16 heavy (non-hydrogen) atoms. The molecule has 80 valence electrons. The summed E-state index contributed by atoms with van der Waals surface area (Å²) in [5, 5.41) is 8.90. The van der Waals surface area contributed by atoms with Gasteiger partial charge in [0.1, 0.15) is 11.0 Å². The van der Waals surface area contributed by atoms with E-state index >= 15 is 0 Å². The third-order valence-electron chi connectivity index (χ3n) is 2.68. The molecule has 0 aliphatic heterocycles. The average molecular weight is 216 g/mol. The lowest BCUT2D eigenvalue weighted by Crippen LogP contribution is -2.23. The van der Waals surface area contributed by atoms with Gasteiger partial charge >= 0.3 is 0 Å². The molecular weight excluding hydrogens is 206 g/mol. The zero-order chi connectivity index (χ0) is 11.3. The van der Waals surface area contributed by atoms with Gasteiger partial charge in [0.05, 0.1) is 0 Å². The zero-order valence-electron chi connectivity index (χ0n) is 8.90. The number of hydrogen-bond donors (Lipinski definition) is 2. The van der Waals surface area contributed by atoms with Crippen molar-refractivity contribution in [2.45, 2.75) is 13.8 Å². The summed E-state index contributed by atoms with van der Waals surface area (Å²) in [5.41, 5.74) is 3.69. The van der Waals surface area contributed by atoms with Crippen molar-refractivity contribution in [3.05, 3.63) is 28.6 Å². The van der Waals surface area contributed by atoms with Crippen LogP contribution in [0.5, 0.6) is 0 Å². The summed E-state index contributed by atoms with van der Waals surface area (Å²) in [6, 6.07) is 3.67. The van der Waals surface area contributed by atoms with Crippen LogP contribution in [0.1, 0.15) is 11.5 Å². The van der Waals surface area contributed by atoms with E-state index in [1.807, 2.05) is 24.3 Å². The summed E-state index contributed by atoms with van der Waals surface area (Å²) in [6.45, 7) is 3.84. The maximum absolute atomic E-state index is 10.8. The largest absolute Gasteiger partial charge is 0.289 e. The summed E-state index contributed by atoms with van der Waals surface area (Å²) in [5.74, 6) is 0.901. The van der Waals surface area contributed by atoms with Gasteiger partial charge in [-0.2, -0.15) is 14.6 Å². The molecule has 0 bridgehead atoms.